The van der Waals surface area contributed by atoms with Crippen LogP contribution in [-0.2, 0) is 14.8 Å². The second-order valence-electron chi connectivity index (χ2n) is 6.79. The highest BCUT2D eigenvalue weighted by molar-refractivity contribution is 7.89. The molecule has 0 fully saturated rings. The number of hydrogen-bond acceptors (Lipinski definition) is 6. The molecule has 0 atom stereocenters. The molecule has 2 aromatic carbocycles. The molecule has 164 valence electrons. The quantitative estimate of drug-likeness (QED) is 0.633. The van der Waals surface area contributed by atoms with Crippen molar-refractivity contribution in [3.05, 3.63) is 60.3 Å². The molecule has 0 aliphatic carbocycles. The lowest BCUT2D eigenvalue weighted by Gasteiger charge is -2.19. The molecular weight excluding hydrogens is 416 g/mol. The molecule has 0 spiro atoms. The Balaban J connectivity index is 1.82. The number of benzene rings is 2. The number of para-hydroxylation sites is 2. The number of ether oxygens (including phenoxy) is 1. The van der Waals surface area contributed by atoms with Gasteiger partial charge >= 0.3 is 0 Å². The van der Waals surface area contributed by atoms with Crippen LogP contribution in [0.15, 0.2) is 70.3 Å². The third kappa shape index (κ3) is 4.47. The van der Waals surface area contributed by atoms with E-state index in [4.69, 9.17) is 4.74 Å². The number of nitrogens with zero attached hydrogens (tertiary/aromatic N) is 3. The van der Waals surface area contributed by atoms with Crippen LogP contribution in [0.1, 0.15) is 20.8 Å². The molecule has 0 unspecified atom stereocenters. The topological polar surface area (TPSA) is 91.3 Å². The van der Waals surface area contributed by atoms with Crippen molar-refractivity contribution in [1.29, 1.82) is 0 Å². The molecule has 8 nitrogen and oxygen atoms in total. The van der Waals surface area contributed by atoms with Crippen LogP contribution in [0.25, 0.3) is 0 Å². The van der Waals surface area contributed by atoms with Crippen LogP contribution < -0.4 is 15.1 Å². The Labute approximate surface area is 182 Å². The first-order valence-electron chi connectivity index (χ1n) is 9.93. The molecule has 0 aromatic heterocycles. The maximum atomic E-state index is 12.9. The van der Waals surface area contributed by atoms with Crippen molar-refractivity contribution in [2.24, 2.45) is 5.10 Å². The summed E-state index contributed by atoms with van der Waals surface area (Å²) in [7, 11) is -1.99. The lowest BCUT2D eigenvalue weighted by Crippen LogP contribution is -2.30. The molecule has 0 saturated heterocycles. The van der Waals surface area contributed by atoms with E-state index in [1.165, 1.54) is 21.4 Å². The molecule has 31 heavy (non-hydrogen) atoms. The second kappa shape index (κ2) is 9.32. The number of rotatable bonds is 8. The predicted octanol–water partition coefficient (Wildman–Crippen LogP) is 3.44. The Kier molecular flexibility index (Phi) is 6.77. The van der Waals surface area contributed by atoms with Crippen molar-refractivity contribution < 1.29 is 17.9 Å². The van der Waals surface area contributed by atoms with Crippen LogP contribution in [0.5, 0.6) is 5.75 Å². The number of anilines is 2. The molecule has 1 amide bonds. The highest BCUT2D eigenvalue weighted by Gasteiger charge is 2.29. The lowest BCUT2D eigenvalue weighted by atomic mass is 10.2. The van der Waals surface area contributed by atoms with E-state index in [1.807, 2.05) is 24.3 Å². The number of nitrogens with one attached hydrogen (secondary N) is 1. The zero-order chi connectivity index (χ0) is 22.6. The van der Waals surface area contributed by atoms with Gasteiger partial charge < -0.3 is 10.1 Å². The van der Waals surface area contributed by atoms with Crippen molar-refractivity contribution in [2.75, 3.05) is 30.5 Å². The van der Waals surface area contributed by atoms with Gasteiger partial charge in [0.1, 0.15) is 5.75 Å². The summed E-state index contributed by atoms with van der Waals surface area (Å²) in [5.74, 6) is 0.348. The van der Waals surface area contributed by atoms with Crippen molar-refractivity contribution in [1.82, 2.24) is 4.31 Å². The zero-order valence-electron chi connectivity index (χ0n) is 18.0. The van der Waals surface area contributed by atoms with Crippen molar-refractivity contribution in [2.45, 2.75) is 25.7 Å². The molecule has 1 aliphatic heterocycles. The van der Waals surface area contributed by atoms with Crippen molar-refractivity contribution in [3.8, 4) is 5.75 Å². The average Bonchev–Trinajstić information content (AvgIpc) is 3.06. The monoisotopic (exact) mass is 442 g/mol. The molecule has 3 rings (SSSR count). The first kappa shape index (κ1) is 22.5. The van der Waals surface area contributed by atoms with E-state index in [0.717, 1.165) is 5.69 Å². The fourth-order valence-electron chi connectivity index (χ4n) is 3.25. The number of amides is 1. The van der Waals surface area contributed by atoms with Gasteiger partial charge in [-0.1, -0.05) is 26.0 Å². The van der Waals surface area contributed by atoms with Gasteiger partial charge in [-0.3, -0.25) is 4.79 Å². The number of carbonyl (C=O) groups excluding carboxylic acids is 1. The predicted molar refractivity (Wildman–Crippen MR) is 122 cm³/mol. The Morgan fingerprint density at radius 1 is 1.10 bits per heavy atom. The van der Waals surface area contributed by atoms with E-state index >= 15 is 0 Å². The minimum absolute atomic E-state index is 0.181. The van der Waals surface area contributed by atoms with Gasteiger partial charge in [-0.25, -0.2) is 8.42 Å². The number of sulfonamides is 1. The average molecular weight is 443 g/mol. The Bertz CT molecular complexity index is 1120. The molecule has 1 N–H and O–H groups in total. The third-order valence-electron chi connectivity index (χ3n) is 4.97. The number of hydrogen-bond donors (Lipinski definition) is 1. The molecule has 1 heterocycles. The molecule has 0 saturated carbocycles. The summed E-state index contributed by atoms with van der Waals surface area (Å²) in [6.07, 6.45) is 1.60. The smallest absolute Gasteiger partial charge is 0.282 e. The van der Waals surface area contributed by atoms with E-state index < -0.39 is 10.0 Å². The Hall–Kier alpha value is -3.17. The minimum atomic E-state index is -3.56. The van der Waals surface area contributed by atoms with Gasteiger partial charge in [-0.05, 0) is 43.3 Å². The van der Waals surface area contributed by atoms with E-state index in [-0.39, 0.29) is 10.8 Å². The van der Waals surface area contributed by atoms with Crippen molar-refractivity contribution in [3.63, 3.8) is 0 Å². The van der Waals surface area contributed by atoms with Crippen molar-refractivity contribution >= 4 is 33.0 Å². The van der Waals surface area contributed by atoms with Crippen LogP contribution in [0, 0.1) is 0 Å². The summed E-state index contributed by atoms with van der Waals surface area (Å²) in [6.45, 7) is 6.11. The summed E-state index contributed by atoms with van der Waals surface area (Å²) in [4.78, 5) is 13.1. The van der Waals surface area contributed by atoms with Gasteiger partial charge in [-0.2, -0.15) is 14.4 Å². The van der Waals surface area contributed by atoms with E-state index in [1.54, 1.807) is 46.2 Å². The maximum absolute atomic E-state index is 12.9. The molecule has 0 bridgehead atoms. The Morgan fingerprint density at radius 2 is 1.74 bits per heavy atom. The summed E-state index contributed by atoms with van der Waals surface area (Å²) in [5.41, 5.74) is 2.17. The van der Waals surface area contributed by atoms with Gasteiger partial charge in [0, 0.05) is 19.3 Å². The van der Waals surface area contributed by atoms with E-state index in [2.05, 4.69) is 10.4 Å². The number of methoxy groups -OCH3 is 1. The maximum Gasteiger partial charge on any atom is 0.282 e. The highest BCUT2D eigenvalue weighted by Crippen LogP contribution is 2.27. The molecular formula is C22H26N4O4S. The summed E-state index contributed by atoms with van der Waals surface area (Å²) in [5, 5.41) is 8.69. The lowest BCUT2D eigenvalue weighted by molar-refractivity contribution is -0.114. The van der Waals surface area contributed by atoms with E-state index in [9.17, 15) is 13.2 Å². The van der Waals surface area contributed by atoms with Crippen LogP contribution in [-0.4, -0.2) is 44.5 Å². The normalized spacial score (nSPS) is 15.5. The highest BCUT2D eigenvalue weighted by atomic mass is 32.2. The van der Waals surface area contributed by atoms with Crippen LogP contribution in [0.2, 0.25) is 0 Å². The molecule has 1 aliphatic rings. The van der Waals surface area contributed by atoms with Gasteiger partial charge in [0.05, 0.1) is 34.7 Å². The molecule has 9 heteroatoms. The first-order chi connectivity index (χ1) is 14.8. The van der Waals surface area contributed by atoms with Gasteiger partial charge in [0.25, 0.3) is 5.91 Å². The molecule has 2 aromatic rings. The van der Waals surface area contributed by atoms with Gasteiger partial charge in [0.15, 0.2) is 0 Å². The summed E-state index contributed by atoms with van der Waals surface area (Å²) < 4.78 is 32.0. The zero-order valence-corrected chi connectivity index (χ0v) is 18.8. The first-order valence-corrected chi connectivity index (χ1v) is 11.4. The van der Waals surface area contributed by atoms with Crippen LogP contribution >= 0.6 is 0 Å². The summed E-state index contributed by atoms with van der Waals surface area (Å²) in [6, 6.07) is 13.5. The Morgan fingerprint density at radius 3 is 2.35 bits per heavy atom. The minimum Gasteiger partial charge on any atom is -0.495 e. The van der Waals surface area contributed by atoms with Gasteiger partial charge in [0.2, 0.25) is 10.0 Å². The van der Waals surface area contributed by atoms with Gasteiger partial charge in [-0.15, -0.1) is 0 Å². The SMILES string of the molecule is CCN(CC)S(=O)(=O)c1ccc(N2N=C(C)/C(=C\Nc3ccccc3OC)C2=O)cc1. The largest absolute Gasteiger partial charge is 0.495 e. The van der Waals surface area contributed by atoms with E-state index in [0.29, 0.717) is 35.8 Å². The standard InChI is InChI=1S/C22H26N4O4S/c1-5-25(6-2)31(28,29)18-13-11-17(12-14-18)26-22(27)19(16(3)24-26)15-23-20-9-7-8-10-21(20)30-4/h7-15,23H,5-6H2,1-4H3/b19-15+. The fourth-order valence-corrected chi connectivity index (χ4v) is 4.70. The van der Waals surface area contributed by atoms with Crippen LogP contribution in [0.4, 0.5) is 11.4 Å². The summed E-state index contributed by atoms with van der Waals surface area (Å²) >= 11 is 0. The third-order valence-corrected chi connectivity index (χ3v) is 7.03. The molecule has 0 radical (unpaired) electrons. The number of hydrazone groups is 1. The van der Waals surface area contributed by atoms with Crippen LogP contribution in [0.3, 0.4) is 0 Å². The fraction of sp³-hybridized carbons (Fsp3) is 0.273. The second-order valence-corrected chi connectivity index (χ2v) is 8.73. The number of carbonyl (C=O) groups is 1.